The van der Waals surface area contributed by atoms with Crippen LogP contribution in [0.5, 0.6) is 0 Å². The molecule has 1 aliphatic rings. The van der Waals surface area contributed by atoms with Crippen molar-refractivity contribution >= 4 is 17.5 Å². The first-order chi connectivity index (χ1) is 8.51. The van der Waals surface area contributed by atoms with Gasteiger partial charge in [-0.1, -0.05) is 0 Å². The number of likely N-dealkylation sites (tertiary alicyclic amines) is 1. The van der Waals surface area contributed by atoms with Gasteiger partial charge >= 0.3 is 0 Å². The van der Waals surface area contributed by atoms with E-state index >= 15 is 0 Å². The first-order valence-corrected chi connectivity index (χ1v) is 6.58. The molecule has 1 unspecified atom stereocenters. The molecule has 1 aliphatic heterocycles. The number of nitrogens with one attached hydrogen (secondary N) is 1. The SMILES string of the molecule is Cc1cc(C)c(CN2CC(CCl)CC2=O)c(=O)[nH]1. The van der Waals surface area contributed by atoms with Crippen molar-refractivity contribution in [2.24, 2.45) is 5.92 Å². The molecule has 2 rings (SSSR count). The molecule has 0 bridgehead atoms. The molecule has 0 aromatic carbocycles. The molecule has 5 heteroatoms. The van der Waals surface area contributed by atoms with Crippen LogP contribution in [0.3, 0.4) is 0 Å². The molecule has 1 aromatic rings. The van der Waals surface area contributed by atoms with Crippen molar-refractivity contribution in [2.75, 3.05) is 12.4 Å². The molecule has 1 atom stereocenters. The van der Waals surface area contributed by atoms with E-state index < -0.39 is 0 Å². The summed E-state index contributed by atoms with van der Waals surface area (Å²) >= 11 is 5.78. The lowest BCUT2D eigenvalue weighted by Gasteiger charge is -2.17. The summed E-state index contributed by atoms with van der Waals surface area (Å²) in [5.41, 5.74) is 2.34. The lowest BCUT2D eigenvalue weighted by atomic mass is 10.1. The number of hydrogen-bond donors (Lipinski definition) is 1. The van der Waals surface area contributed by atoms with Gasteiger partial charge in [0.15, 0.2) is 0 Å². The van der Waals surface area contributed by atoms with Crippen LogP contribution in [0.4, 0.5) is 0 Å². The Morgan fingerprint density at radius 3 is 2.72 bits per heavy atom. The van der Waals surface area contributed by atoms with Crippen LogP contribution in [0.25, 0.3) is 0 Å². The first-order valence-electron chi connectivity index (χ1n) is 6.04. The largest absolute Gasteiger partial charge is 0.338 e. The molecule has 98 valence electrons. The van der Waals surface area contributed by atoms with Gasteiger partial charge in [-0.05, 0) is 31.4 Å². The topological polar surface area (TPSA) is 53.2 Å². The van der Waals surface area contributed by atoms with Crippen LogP contribution >= 0.6 is 11.6 Å². The van der Waals surface area contributed by atoms with Gasteiger partial charge < -0.3 is 9.88 Å². The third kappa shape index (κ3) is 2.58. The average molecular weight is 269 g/mol. The number of halogens is 1. The third-order valence-corrected chi connectivity index (χ3v) is 3.79. The van der Waals surface area contributed by atoms with Crippen molar-refractivity contribution in [1.82, 2.24) is 9.88 Å². The second-order valence-corrected chi connectivity index (χ2v) is 5.25. The maximum atomic E-state index is 11.9. The van der Waals surface area contributed by atoms with Crippen molar-refractivity contribution in [2.45, 2.75) is 26.8 Å². The monoisotopic (exact) mass is 268 g/mol. The highest BCUT2D eigenvalue weighted by Gasteiger charge is 2.29. The van der Waals surface area contributed by atoms with E-state index in [0.717, 1.165) is 11.3 Å². The Balaban J connectivity index is 2.20. The van der Waals surface area contributed by atoms with Gasteiger partial charge in [0, 0.05) is 30.1 Å². The van der Waals surface area contributed by atoms with Crippen LogP contribution in [-0.4, -0.2) is 28.2 Å². The van der Waals surface area contributed by atoms with E-state index in [1.807, 2.05) is 19.9 Å². The van der Waals surface area contributed by atoms with Crippen LogP contribution in [0.2, 0.25) is 0 Å². The van der Waals surface area contributed by atoms with E-state index in [4.69, 9.17) is 11.6 Å². The summed E-state index contributed by atoms with van der Waals surface area (Å²) in [7, 11) is 0. The van der Waals surface area contributed by atoms with E-state index in [0.29, 0.717) is 31.0 Å². The fourth-order valence-corrected chi connectivity index (χ4v) is 2.59. The highest BCUT2D eigenvalue weighted by molar-refractivity contribution is 6.18. The molecule has 0 saturated carbocycles. The Bertz CT molecular complexity index is 524. The number of aryl methyl sites for hydroxylation is 2. The molecular formula is C13H17ClN2O2. The van der Waals surface area contributed by atoms with Crippen LogP contribution in [0, 0.1) is 19.8 Å². The Morgan fingerprint density at radius 1 is 1.44 bits per heavy atom. The molecule has 18 heavy (non-hydrogen) atoms. The molecule has 1 amide bonds. The van der Waals surface area contributed by atoms with Gasteiger partial charge in [-0.3, -0.25) is 9.59 Å². The summed E-state index contributed by atoms with van der Waals surface area (Å²) in [4.78, 5) is 28.2. The zero-order valence-corrected chi connectivity index (χ0v) is 11.4. The molecule has 1 N–H and O–H groups in total. The van der Waals surface area contributed by atoms with Gasteiger partial charge in [0.25, 0.3) is 5.56 Å². The maximum Gasteiger partial charge on any atom is 0.253 e. The van der Waals surface area contributed by atoms with Gasteiger partial charge in [-0.15, -0.1) is 11.6 Å². The van der Waals surface area contributed by atoms with Crippen LogP contribution in [0.1, 0.15) is 23.2 Å². The summed E-state index contributed by atoms with van der Waals surface area (Å²) in [5.74, 6) is 0.787. The molecule has 1 fully saturated rings. The normalized spacial score (nSPS) is 19.6. The molecular weight excluding hydrogens is 252 g/mol. The first kappa shape index (κ1) is 13.1. The van der Waals surface area contributed by atoms with E-state index in [9.17, 15) is 9.59 Å². The fourth-order valence-electron chi connectivity index (χ4n) is 2.38. The predicted molar refractivity (Wildman–Crippen MR) is 70.8 cm³/mol. The van der Waals surface area contributed by atoms with Crippen LogP contribution in [0.15, 0.2) is 10.9 Å². The molecule has 0 aliphatic carbocycles. The average Bonchev–Trinajstić information content (AvgIpc) is 2.64. The van der Waals surface area contributed by atoms with E-state index in [-0.39, 0.29) is 17.4 Å². The summed E-state index contributed by atoms with van der Waals surface area (Å²) in [5, 5.41) is 0. The number of nitrogens with zero attached hydrogens (tertiary/aromatic N) is 1. The Hall–Kier alpha value is -1.29. The van der Waals surface area contributed by atoms with E-state index in [1.54, 1.807) is 4.90 Å². The van der Waals surface area contributed by atoms with Gasteiger partial charge in [0.2, 0.25) is 5.91 Å². The fraction of sp³-hybridized carbons (Fsp3) is 0.538. The number of aromatic nitrogens is 1. The Labute approximate surface area is 111 Å². The minimum absolute atomic E-state index is 0.0834. The van der Waals surface area contributed by atoms with Crippen LogP contribution < -0.4 is 5.56 Å². The zero-order valence-electron chi connectivity index (χ0n) is 10.6. The minimum Gasteiger partial charge on any atom is -0.338 e. The molecule has 0 spiro atoms. The number of carbonyl (C=O) groups is 1. The predicted octanol–water partition coefficient (Wildman–Crippen LogP) is 1.58. The lowest BCUT2D eigenvalue weighted by molar-refractivity contribution is -0.128. The summed E-state index contributed by atoms with van der Waals surface area (Å²) in [6.45, 7) is 4.78. The third-order valence-electron chi connectivity index (χ3n) is 3.36. The summed E-state index contributed by atoms with van der Waals surface area (Å²) in [6.07, 6.45) is 0.492. The molecule has 4 nitrogen and oxygen atoms in total. The second kappa shape index (κ2) is 5.14. The summed E-state index contributed by atoms with van der Waals surface area (Å²) < 4.78 is 0. The van der Waals surface area contributed by atoms with E-state index in [2.05, 4.69) is 4.98 Å². The van der Waals surface area contributed by atoms with E-state index in [1.165, 1.54) is 0 Å². The number of pyridine rings is 1. The summed E-state index contributed by atoms with van der Waals surface area (Å²) in [6, 6.07) is 1.93. The van der Waals surface area contributed by atoms with Crippen molar-refractivity contribution in [3.8, 4) is 0 Å². The van der Waals surface area contributed by atoms with Gasteiger partial charge in [-0.25, -0.2) is 0 Å². The molecule has 1 aromatic heterocycles. The Kier molecular flexibility index (Phi) is 3.76. The van der Waals surface area contributed by atoms with Crippen LogP contribution in [-0.2, 0) is 11.3 Å². The van der Waals surface area contributed by atoms with Crippen molar-refractivity contribution in [1.29, 1.82) is 0 Å². The highest BCUT2D eigenvalue weighted by Crippen LogP contribution is 2.21. The minimum atomic E-state index is -0.102. The number of amides is 1. The molecule has 2 heterocycles. The van der Waals surface area contributed by atoms with Gasteiger partial charge in [-0.2, -0.15) is 0 Å². The number of H-pyrrole nitrogens is 1. The second-order valence-electron chi connectivity index (χ2n) is 4.94. The molecule has 0 radical (unpaired) electrons. The molecule has 1 saturated heterocycles. The van der Waals surface area contributed by atoms with Crippen molar-refractivity contribution in [3.05, 3.63) is 33.2 Å². The number of aromatic amines is 1. The van der Waals surface area contributed by atoms with Crippen molar-refractivity contribution in [3.63, 3.8) is 0 Å². The zero-order chi connectivity index (χ0) is 13.3. The standard InChI is InChI=1S/C13H17ClN2O2/c1-8-3-9(2)15-13(18)11(8)7-16-6-10(5-14)4-12(16)17/h3,10H,4-7H2,1-2H3,(H,15,18). The Morgan fingerprint density at radius 2 is 2.17 bits per heavy atom. The van der Waals surface area contributed by atoms with Gasteiger partial charge in [0.1, 0.15) is 0 Å². The highest BCUT2D eigenvalue weighted by atomic mass is 35.5. The maximum absolute atomic E-state index is 11.9. The number of hydrogen-bond acceptors (Lipinski definition) is 2. The quantitative estimate of drug-likeness (QED) is 0.847. The lowest BCUT2D eigenvalue weighted by Crippen LogP contribution is -2.29. The van der Waals surface area contributed by atoms with Crippen molar-refractivity contribution < 1.29 is 4.79 Å². The number of rotatable bonds is 3. The number of alkyl halides is 1. The van der Waals surface area contributed by atoms with Gasteiger partial charge in [0.05, 0.1) is 6.54 Å². The smallest absolute Gasteiger partial charge is 0.253 e. The number of carbonyl (C=O) groups excluding carboxylic acids is 1.